The van der Waals surface area contributed by atoms with Crippen LogP contribution >= 0.6 is 0 Å². The van der Waals surface area contributed by atoms with E-state index in [1.54, 1.807) is 12.1 Å². The van der Waals surface area contributed by atoms with Gasteiger partial charge < -0.3 is 14.5 Å². The van der Waals surface area contributed by atoms with Gasteiger partial charge >= 0.3 is 0 Å². The molecule has 0 unspecified atom stereocenters. The zero-order chi connectivity index (χ0) is 21.1. The molecule has 0 bridgehead atoms. The van der Waals surface area contributed by atoms with Gasteiger partial charge in [0.05, 0.1) is 0 Å². The average molecular weight is 399 g/mol. The zero-order valence-corrected chi connectivity index (χ0v) is 17.4. The number of furan rings is 1. The van der Waals surface area contributed by atoms with Crippen molar-refractivity contribution in [3.05, 3.63) is 95.2 Å². The van der Waals surface area contributed by atoms with E-state index in [4.69, 9.17) is 9.15 Å². The third-order valence-corrected chi connectivity index (χ3v) is 5.21. The predicted molar refractivity (Wildman–Crippen MR) is 119 cm³/mol. The van der Waals surface area contributed by atoms with E-state index in [0.717, 1.165) is 27.6 Å². The lowest BCUT2D eigenvalue weighted by atomic mass is 10.0. The van der Waals surface area contributed by atoms with Crippen molar-refractivity contribution in [2.24, 2.45) is 0 Å². The van der Waals surface area contributed by atoms with Gasteiger partial charge in [0, 0.05) is 12.6 Å². The van der Waals surface area contributed by atoms with E-state index < -0.39 is 0 Å². The van der Waals surface area contributed by atoms with Crippen LogP contribution in [0.1, 0.15) is 47.0 Å². The SMILES string of the molecule is Cc1ccc(C(C)C)cc1Oc1ccc(C(=O)NCc2cccc3ccccc23)o1. The Morgan fingerprint density at radius 1 is 1.00 bits per heavy atom. The lowest BCUT2D eigenvalue weighted by Gasteiger charge is -2.11. The average Bonchev–Trinajstić information content (AvgIpc) is 3.22. The van der Waals surface area contributed by atoms with Crippen LogP contribution in [0.2, 0.25) is 0 Å². The third-order valence-electron chi connectivity index (χ3n) is 5.21. The number of aryl methyl sites for hydroxylation is 1. The first kappa shape index (κ1) is 19.8. The van der Waals surface area contributed by atoms with Gasteiger partial charge in [-0.25, -0.2) is 0 Å². The molecule has 0 spiro atoms. The van der Waals surface area contributed by atoms with Crippen LogP contribution in [0.25, 0.3) is 10.8 Å². The van der Waals surface area contributed by atoms with E-state index in [1.165, 1.54) is 5.56 Å². The zero-order valence-electron chi connectivity index (χ0n) is 17.4. The fourth-order valence-corrected chi connectivity index (χ4v) is 3.40. The molecule has 0 saturated heterocycles. The van der Waals surface area contributed by atoms with E-state index in [1.807, 2.05) is 43.3 Å². The highest BCUT2D eigenvalue weighted by molar-refractivity contribution is 5.92. The Kier molecular flexibility index (Phi) is 5.57. The number of carbonyl (C=O) groups is 1. The minimum absolute atomic E-state index is 0.225. The largest absolute Gasteiger partial charge is 0.426 e. The first-order valence-electron chi connectivity index (χ1n) is 10.1. The highest BCUT2D eigenvalue weighted by atomic mass is 16.6. The van der Waals surface area contributed by atoms with Gasteiger partial charge in [0.1, 0.15) is 5.75 Å². The highest BCUT2D eigenvalue weighted by Crippen LogP contribution is 2.30. The summed E-state index contributed by atoms with van der Waals surface area (Å²) in [6, 6.07) is 23.7. The molecule has 0 atom stereocenters. The summed E-state index contributed by atoms with van der Waals surface area (Å²) in [6.45, 7) is 6.69. The summed E-state index contributed by atoms with van der Waals surface area (Å²) >= 11 is 0. The Morgan fingerprint density at radius 3 is 2.63 bits per heavy atom. The van der Waals surface area contributed by atoms with E-state index in [0.29, 0.717) is 18.4 Å². The van der Waals surface area contributed by atoms with Crippen molar-refractivity contribution in [2.75, 3.05) is 0 Å². The predicted octanol–water partition coefficient (Wildman–Crippen LogP) is 6.59. The Balaban J connectivity index is 1.45. The lowest BCUT2D eigenvalue weighted by molar-refractivity contribution is 0.0918. The quantitative estimate of drug-likeness (QED) is 0.398. The van der Waals surface area contributed by atoms with Crippen LogP contribution < -0.4 is 10.1 Å². The summed E-state index contributed by atoms with van der Waals surface area (Å²) < 4.78 is 11.6. The number of carbonyl (C=O) groups excluding carboxylic acids is 1. The molecule has 4 aromatic rings. The number of fused-ring (bicyclic) bond motifs is 1. The molecule has 1 heterocycles. The van der Waals surface area contributed by atoms with Crippen LogP contribution in [0.4, 0.5) is 0 Å². The third kappa shape index (κ3) is 4.23. The second-order valence-electron chi connectivity index (χ2n) is 7.72. The van der Waals surface area contributed by atoms with Crippen molar-refractivity contribution >= 4 is 16.7 Å². The van der Waals surface area contributed by atoms with Crippen molar-refractivity contribution in [1.29, 1.82) is 0 Å². The highest BCUT2D eigenvalue weighted by Gasteiger charge is 2.14. The normalized spacial score (nSPS) is 11.1. The Bertz CT molecular complexity index is 1180. The fourth-order valence-electron chi connectivity index (χ4n) is 3.40. The molecule has 1 N–H and O–H groups in total. The second-order valence-corrected chi connectivity index (χ2v) is 7.72. The molecule has 0 aliphatic rings. The van der Waals surface area contributed by atoms with Crippen molar-refractivity contribution < 1.29 is 13.9 Å². The number of amides is 1. The molecular weight excluding hydrogens is 374 g/mol. The molecule has 0 radical (unpaired) electrons. The summed E-state index contributed by atoms with van der Waals surface area (Å²) in [5, 5.41) is 5.21. The van der Waals surface area contributed by atoms with E-state index >= 15 is 0 Å². The van der Waals surface area contributed by atoms with Gasteiger partial charge in [0.15, 0.2) is 5.76 Å². The van der Waals surface area contributed by atoms with Crippen molar-refractivity contribution in [3.8, 4) is 11.7 Å². The molecule has 1 aromatic heterocycles. The maximum absolute atomic E-state index is 12.6. The number of hydrogen-bond donors (Lipinski definition) is 1. The maximum atomic E-state index is 12.6. The standard InChI is InChI=1S/C26H25NO3/c1-17(2)20-12-11-18(3)24(15-20)30-25-14-13-23(29-25)26(28)27-16-21-9-6-8-19-7-4-5-10-22(19)21/h4-15,17H,16H2,1-3H3,(H,27,28). The van der Waals surface area contributed by atoms with Gasteiger partial charge in [-0.1, -0.05) is 68.4 Å². The van der Waals surface area contributed by atoms with Gasteiger partial charge in [0.2, 0.25) is 0 Å². The molecule has 4 rings (SSSR count). The minimum Gasteiger partial charge on any atom is -0.426 e. The lowest BCUT2D eigenvalue weighted by Crippen LogP contribution is -2.22. The molecule has 0 aliphatic carbocycles. The van der Waals surface area contributed by atoms with Crippen LogP contribution in [0, 0.1) is 6.92 Å². The van der Waals surface area contributed by atoms with Gasteiger partial charge in [-0.05, 0) is 52.4 Å². The number of rotatable bonds is 6. The van der Waals surface area contributed by atoms with Crippen LogP contribution in [0.3, 0.4) is 0 Å². The number of ether oxygens (including phenoxy) is 1. The van der Waals surface area contributed by atoms with E-state index in [-0.39, 0.29) is 11.7 Å². The molecule has 0 fully saturated rings. The van der Waals surface area contributed by atoms with Crippen LogP contribution in [0.15, 0.2) is 77.2 Å². The van der Waals surface area contributed by atoms with Crippen molar-refractivity contribution in [1.82, 2.24) is 5.32 Å². The molecule has 30 heavy (non-hydrogen) atoms. The number of hydrogen-bond acceptors (Lipinski definition) is 3. The molecule has 4 heteroatoms. The molecule has 1 amide bonds. The molecule has 152 valence electrons. The first-order valence-corrected chi connectivity index (χ1v) is 10.1. The molecule has 4 nitrogen and oxygen atoms in total. The van der Waals surface area contributed by atoms with E-state index in [2.05, 4.69) is 43.4 Å². The summed E-state index contributed by atoms with van der Waals surface area (Å²) in [5.74, 6) is 1.39. The topological polar surface area (TPSA) is 51.5 Å². The monoisotopic (exact) mass is 399 g/mol. The molecule has 0 saturated carbocycles. The smallest absolute Gasteiger partial charge is 0.290 e. The first-order chi connectivity index (χ1) is 14.5. The summed E-state index contributed by atoms with van der Waals surface area (Å²) in [7, 11) is 0. The Labute approximate surface area is 176 Å². The van der Waals surface area contributed by atoms with Crippen LogP contribution in [-0.4, -0.2) is 5.91 Å². The van der Waals surface area contributed by atoms with Gasteiger partial charge in [-0.3, -0.25) is 4.79 Å². The van der Waals surface area contributed by atoms with Gasteiger partial charge in [-0.2, -0.15) is 0 Å². The molecular formula is C26H25NO3. The van der Waals surface area contributed by atoms with Crippen molar-refractivity contribution in [2.45, 2.75) is 33.2 Å². The van der Waals surface area contributed by atoms with E-state index in [9.17, 15) is 4.79 Å². The summed E-state index contributed by atoms with van der Waals surface area (Å²) in [4.78, 5) is 12.6. The minimum atomic E-state index is -0.273. The van der Waals surface area contributed by atoms with Gasteiger partial charge in [-0.15, -0.1) is 0 Å². The van der Waals surface area contributed by atoms with Gasteiger partial charge in [0.25, 0.3) is 11.9 Å². The Morgan fingerprint density at radius 2 is 1.80 bits per heavy atom. The molecule has 0 aliphatic heterocycles. The number of nitrogens with one attached hydrogen (secondary N) is 1. The van der Waals surface area contributed by atoms with Crippen molar-refractivity contribution in [3.63, 3.8) is 0 Å². The second kappa shape index (κ2) is 8.46. The summed E-state index contributed by atoms with van der Waals surface area (Å²) in [5.41, 5.74) is 3.26. The van der Waals surface area contributed by atoms with Crippen LogP contribution in [-0.2, 0) is 6.54 Å². The summed E-state index contributed by atoms with van der Waals surface area (Å²) in [6.07, 6.45) is 0. The number of benzene rings is 3. The molecule has 3 aromatic carbocycles. The Hall–Kier alpha value is -3.53. The fraction of sp³-hybridized carbons (Fsp3) is 0.192. The maximum Gasteiger partial charge on any atom is 0.290 e. The van der Waals surface area contributed by atoms with Crippen LogP contribution in [0.5, 0.6) is 11.7 Å².